The minimum Gasteiger partial charge on any atom is -0.495 e. The lowest BCUT2D eigenvalue weighted by molar-refractivity contribution is 0.383. The van der Waals surface area contributed by atoms with Crippen molar-refractivity contribution in [2.45, 2.75) is 4.90 Å². The fourth-order valence-electron chi connectivity index (χ4n) is 3.44. The second-order valence-electron chi connectivity index (χ2n) is 6.96. The first-order chi connectivity index (χ1) is 14.9. The number of rotatable bonds is 5. The minimum atomic E-state index is -3.68. The van der Waals surface area contributed by atoms with Gasteiger partial charge in [0.2, 0.25) is 10.0 Å². The van der Waals surface area contributed by atoms with E-state index in [1.165, 1.54) is 42.0 Å². The fourth-order valence-corrected chi connectivity index (χ4v) is 5.21. The molecule has 1 aromatic heterocycles. The van der Waals surface area contributed by atoms with Crippen molar-refractivity contribution < 1.29 is 17.5 Å². The summed E-state index contributed by atoms with van der Waals surface area (Å²) in [5, 5.41) is 0.244. The highest BCUT2D eigenvalue weighted by Gasteiger charge is 2.29. The van der Waals surface area contributed by atoms with Gasteiger partial charge < -0.3 is 9.64 Å². The van der Waals surface area contributed by atoms with Gasteiger partial charge in [0.1, 0.15) is 23.7 Å². The largest absolute Gasteiger partial charge is 0.495 e. The Hall–Kier alpha value is -2.75. The van der Waals surface area contributed by atoms with Crippen LogP contribution < -0.4 is 9.64 Å². The van der Waals surface area contributed by atoms with E-state index in [9.17, 15) is 12.8 Å². The van der Waals surface area contributed by atoms with E-state index in [2.05, 4.69) is 9.97 Å². The van der Waals surface area contributed by atoms with Gasteiger partial charge in [-0.15, -0.1) is 0 Å². The average molecular weight is 463 g/mol. The van der Waals surface area contributed by atoms with Crippen molar-refractivity contribution in [1.29, 1.82) is 0 Å². The van der Waals surface area contributed by atoms with Crippen molar-refractivity contribution in [1.82, 2.24) is 14.3 Å². The normalized spacial score (nSPS) is 15.1. The molecule has 0 aliphatic carbocycles. The van der Waals surface area contributed by atoms with Gasteiger partial charge in [0.15, 0.2) is 0 Å². The third-order valence-electron chi connectivity index (χ3n) is 5.10. The van der Waals surface area contributed by atoms with Crippen LogP contribution in [-0.4, -0.2) is 56.0 Å². The lowest BCUT2D eigenvalue weighted by Crippen LogP contribution is -2.48. The third-order valence-corrected chi connectivity index (χ3v) is 7.29. The summed E-state index contributed by atoms with van der Waals surface area (Å²) in [6.45, 7) is 1.52. The Bertz CT molecular complexity index is 1200. The fraction of sp³-hybridized carbons (Fsp3) is 0.238. The molecule has 0 unspecified atom stereocenters. The number of aromatic nitrogens is 2. The average Bonchev–Trinajstić information content (AvgIpc) is 2.79. The maximum absolute atomic E-state index is 13.5. The summed E-state index contributed by atoms with van der Waals surface area (Å²) < 4.78 is 46.1. The summed E-state index contributed by atoms with van der Waals surface area (Å²) in [7, 11) is -2.21. The van der Waals surface area contributed by atoms with Crippen LogP contribution in [0.1, 0.15) is 0 Å². The Morgan fingerprint density at radius 3 is 2.48 bits per heavy atom. The monoisotopic (exact) mass is 462 g/mol. The molecule has 1 fully saturated rings. The van der Waals surface area contributed by atoms with Crippen molar-refractivity contribution in [3.05, 3.63) is 65.7 Å². The summed E-state index contributed by atoms with van der Waals surface area (Å²) in [4.78, 5) is 10.6. The molecule has 0 radical (unpaired) electrons. The van der Waals surface area contributed by atoms with E-state index in [-0.39, 0.29) is 15.7 Å². The van der Waals surface area contributed by atoms with Crippen LogP contribution >= 0.6 is 11.6 Å². The number of piperazine rings is 1. The van der Waals surface area contributed by atoms with E-state index in [4.69, 9.17) is 16.3 Å². The molecule has 4 rings (SSSR count). The summed E-state index contributed by atoms with van der Waals surface area (Å²) in [5.41, 5.74) is 1.26. The maximum atomic E-state index is 13.5. The molecule has 162 valence electrons. The molecular weight excluding hydrogens is 443 g/mol. The molecule has 1 aliphatic heterocycles. The molecule has 0 bridgehead atoms. The second-order valence-corrected chi connectivity index (χ2v) is 9.30. The van der Waals surface area contributed by atoms with Crippen LogP contribution in [0, 0.1) is 5.82 Å². The Morgan fingerprint density at radius 2 is 1.81 bits per heavy atom. The van der Waals surface area contributed by atoms with Crippen LogP contribution in [0.5, 0.6) is 5.75 Å². The van der Waals surface area contributed by atoms with Gasteiger partial charge in [-0.25, -0.2) is 22.8 Å². The zero-order chi connectivity index (χ0) is 22.0. The van der Waals surface area contributed by atoms with Crippen molar-refractivity contribution in [2.75, 3.05) is 38.2 Å². The molecule has 3 aromatic rings. The van der Waals surface area contributed by atoms with Gasteiger partial charge in [0.25, 0.3) is 0 Å². The summed E-state index contributed by atoms with van der Waals surface area (Å²) in [6, 6.07) is 12.4. The zero-order valence-corrected chi connectivity index (χ0v) is 18.3. The summed E-state index contributed by atoms with van der Waals surface area (Å²) >= 11 is 6.10. The van der Waals surface area contributed by atoms with Crippen LogP contribution in [-0.2, 0) is 10.0 Å². The Labute approximate surface area is 185 Å². The first kappa shape index (κ1) is 21.5. The standard InChI is InChI=1S/C21H20ClFN4O3S/c1-30-20-6-5-17(12-18(20)22)31(28,29)27-9-7-26(8-10-27)21-13-19(24-14-25-21)15-3-2-4-16(23)11-15/h2-6,11-14H,7-10H2,1H3. The quantitative estimate of drug-likeness (QED) is 0.578. The van der Waals surface area contributed by atoms with Crippen molar-refractivity contribution in [3.8, 4) is 17.0 Å². The smallest absolute Gasteiger partial charge is 0.243 e. The van der Waals surface area contributed by atoms with E-state index in [0.29, 0.717) is 49.0 Å². The lowest BCUT2D eigenvalue weighted by atomic mass is 10.1. The summed E-state index contributed by atoms with van der Waals surface area (Å²) in [5.74, 6) is 0.747. The molecule has 1 aliphatic rings. The van der Waals surface area contributed by atoms with E-state index >= 15 is 0 Å². The highest BCUT2D eigenvalue weighted by molar-refractivity contribution is 7.89. The van der Waals surface area contributed by atoms with Gasteiger partial charge in [-0.2, -0.15) is 4.31 Å². The predicted molar refractivity (Wildman–Crippen MR) is 116 cm³/mol. The summed E-state index contributed by atoms with van der Waals surface area (Å²) in [6.07, 6.45) is 1.43. The lowest BCUT2D eigenvalue weighted by Gasteiger charge is -2.34. The van der Waals surface area contributed by atoms with Crippen molar-refractivity contribution in [2.24, 2.45) is 0 Å². The molecule has 0 saturated carbocycles. The molecule has 0 spiro atoms. The van der Waals surface area contributed by atoms with Crippen LogP contribution in [0.15, 0.2) is 59.8 Å². The van der Waals surface area contributed by atoms with Crippen molar-refractivity contribution in [3.63, 3.8) is 0 Å². The SMILES string of the molecule is COc1ccc(S(=O)(=O)N2CCN(c3cc(-c4cccc(F)c4)ncn3)CC2)cc1Cl. The number of halogens is 2. The molecule has 2 heterocycles. The van der Waals surface area contributed by atoms with Crippen LogP contribution in [0.4, 0.5) is 10.2 Å². The van der Waals surface area contributed by atoms with Gasteiger partial charge >= 0.3 is 0 Å². The zero-order valence-electron chi connectivity index (χ0n) is 16.7. The molecule has 0 N–H and O–H groups in total. The number of sulfonamides is 1. The van der Waals surface area contributed by atoms with Gasteiger partial charge in [0, 0.05) is 37.8 Å². The number of ether oxygens (including phenoxy) is 1. The Kier molecular flexibility index (Phi) is 6.08. The molecule has 31 heavy (non-hydrogen) atoms. The highest BCUT2D eigenvalue weighted by Crippen LogP contribution is 2.29. The van der Waals surface area contributed by atoms with Gasteiger partial charge in [-0.05, 0) is 30.3 Å². The Morgan fingerprint density at radius 1 is 1.03 bits per heavy atom. The van der Waals surface area contributed by atoms with E-state index < -0.39 is 10.0 Å². The predicted octanol–water partition coefficient (Wildman–Crippen LogP) is 3.46. The molecular formula is C21H20ClFN4O3S. The Balaban J connectivity index is 1.49. The molecule has 0 atom stereocenters. The van der Waals surface area contributed by atoms with Crippen LogP contribution in [0.2, 0.25) is 5.02 Å². The third kappa shape index (κ3) is 4.48. The topological polar surface area (TPSA) is 75.6 Å². The van der Waals surface area contributed by atoms with Gasteiger partial charge in [-0.1, -0.05) is 23.7 Å². The number of benzene rings is 2. The van der Waals surface area contributed by atoms with Crippen LogP contribution in [0.3, 0.4) is 0 Å². The maximum Gasteiger partial charge on any atom is 0.243 e. The molecule has 7 nitrogen and oxygen atoms in total. The molecule has 0 amide bonds. The van der Waals surface area contributed by atoms with E-state index in [0.717, 1.165) is 0 Å². The van der Waals surface area contributed by atoms with Gasteiger partial charge in [-0.3, -0.25) is 0 Å². The number of hydrogen-bond acceptors (Lipinski definition) is 6. The minimum absolute atomic E-state index is 0.127. The molecule has 10 heteroatoms. The number of methoxy groups -OCH3 is 1. The second kappa shape index (κ2) is 8.78. The van der Waals surface area contributed by atoms with Crippen LogP contribution in [0.25, 0.3) is 11.3 Å². The van der Waals surface area contributed by atoms with E-state index in [1.54, 1.807) is 24.3 Å². The molecule has 2 aromatic carbocycles. The van der Waals surface area contributed by atoms with Crippen molar-refractivity contribution >= 4 is 27.4 Å². The first-order valence-electron chi connectivity index (χ1n) is 9.55. The first-order valence-corrected chi connectivity index (χ1v) is 11.4. The highest BCUT2D eigenvalue weighted by atomic mass is 35.5. The van der Waals surface area contributed by atoms with Gasteiger partial charge in [0.05, 0.1) is 22.7 Å². The van der Waals surface area contributed by atoms with E-state index in [1.807, 2.05) is 4.90 Å². The number of nitrogens with zero attached hydrogens (tertiary/aromatic N) is 4. The molecule has 1 saturated heterocycles. The number of anilines is 1. The number of hydrogen-bond donors (Lipinski definition) is 0.